The second-order valence-corrected chi connectivity index (χ2v) is 9.14. The molecular weight excluding hydrogens is 505 g/mol. The van der Waals surface area contributed by atoms with E-state index in [0.717, 1.165) is 44.0 Å². The number of nitrogens with zero attached hydrogens (tertiary/aromatic N) is 2. The molecule has 29 heavy (non-hydrogen) atoms. The molecule has 0 saturated carbocycles. The van der Waals surface area contributed by atoms with Crippen LogP contribution in [0.4, 0.5) is 0 Å². The molecule has 2 rings (SSSR count). The molecule has 164 valence electrons. The zero-order valence-electron chi connectivity index (χ0n) is 17.2. The van der Waals surface area contributed by atoms with Crippen LogP contribution < -0.4 is 5.32 Å². The Hall–Kier alpha value is -1.36. The standard InChI is InChI=1S/C20H31N3O4S.HI/c1-3-21-20(23-13-10-18(11-14-23)19(24)27-2)22-12-7-15-28(25,26)16-17-8-5-4-6-9-17;/h4-6,8-9,18H,3,7,10-16H2,1-2H3,(H,21,22);1H. The fourth-order valence-electron chi connectivity index (χ4n) is 3.29. The zero-order valence-corrected chi connectivity index (χ0v) is 20.3. The lowest BCUT2D eigenvalue weighted by molar-refractivity contribution is -0.146. The summed E-state index contributed by atoms with van der Waals surface area (Å²) in [4.78, 5) is 18.4. The molecular formula is C20H32IN3O4S. The van der Waals surface area contributed by atoms with Crippen molar-refractivity contribution in [3.05, 3.63) is 35.9 Å². The summed E-state index contributed by atoms with van der Waals surface area (Å²) in [5.41, 5.74) is 0.813. The molecule has 1 aromatic rings. The highest BCUT2D eigenvalue weighted by Gasteiger charge is 2.26. The van der Waals surface area contributed by atoms with E-state index in [1.54, 1.807) is 0 Å². The minimum atomic E-state index is -3.14. The molecule has 1 aliphatic heterocycles. The number of guanidine groups is 1. The van der Waals surface area contributed by atoms with Crippen molar-refractivity contribution in [3.63, 3.8) is 0 Å². The van der Waals surface area contributed by atoms with Gasteiger partial charge in [0.25, 0.3) is 0 Å². The first-order valence-corrected chi connectivity index (χ1v) is 11.6. The average Bonchev–Trinajstić information content (AvgIpc) is 2.70. The molecule has 0 aliphatic carbocycles. The van der Waals surface area contributed by atoms with Crippen LogP contribution >= 0.6 is 24.0 Å². The lowest BCUT2D eigenvalue weighted by Gasteiger charge is -2.33. The number of esters is 1. The van der Waals surface area contributed by atoms with E-state index in [1.807, 2.05) is 37.3 Å². The van der Waals surface area contributed by atoms with Gasteiger partial charge < -0.3 is 15.0 Å². The SMILES string of the molecule is CCNC(=NCCCS(=O)(=O)Cc1ccccc1)N1CCC(C(=O)OC)CC1.I. The van der Waals surface area contributed by atoms with Crippen molar-refractivity contribution in [3.8, 4) is 0 Å². The first-order valence-electron chi connectivity index (χ1n) is 9.80. The summed E-state index contributed by atoms with van der Waals surface area (Å²) in [6.45, 7) is 4.66. The lowest BCUT2D eigenvalue weighted by atomic mass is 9.97. The third-order valence-electron chi connectivity index (χ3n) is 4.77. The molecule has 9 heteroatoms. The van der Waals surface area contributed by atoms with Gasteiger partial charge in [-0.15, -0.1) is 24.0 Å². The first kappa shape index (κ1) is 25.7. The van der Waals surface area contributed by atoms with Crippen LogP contribution in [-0.2, 0) is 25.1 Å². The van der Waals surface area contributed by atoms with Crippen LogP contribution in [-0.4, -0.2) is 64.3 Å². The monoisotopic (exact) mass is 537 g/mol. The lowest BCUT2D eigenvalue weighted by Crippen LogP contribution is -2.46. The van der Waals surface area contributed by atoms with Crippen LogP contribution in [0.5, 0.6) is 0 Å². The Morgan fingerprint density at radius 2 is 1.90 bits per heavy atom. The number of carbonyl (C=O) groups excluding carboxylic acids is 1. The number of ether oxygens (including phenoxy) is 1. The number of carbonyl (C=O) groups is 1. The first-order chi connectivity index (χ1) is 13.4. The van der Waals surface area contributed by atoms with Crippen molar-refractivity contribution in [2.75, 3.05) is 39.0 Å². The Morgan fingerprint density at radius 3 is 2.48 bits per heavy atom. The molecule has 1 heterocycles. The van der Waals surface area contributed by atoms with Gasteiger partial charge >= 0.3 is 5.97 Å². The van der Waals surface area contributed by atoms with Crippen LogP contribution in [0.2, 0.25) is 0 Å². The number of piperidine rings is 1. The minimum Gasteiger partial charge on any atom is -0.469 e. The number of sulfone groups is 1. The van der Waals surface area contributed by atoms with Crippen molar-refractivity contribution in [1.29, 1.82) is 0 Å². The number of nitrogens with one attached hydrogen (secondary N) is 1. The molecule has 7 nitrogen and oxygen atoms in total. The van der Waals surface area contributed by atoms with Crippen LogP contribution in [0.25, 0.3) is 0 Å². The Labute approximate surface area is 191 Å². The highest BCUT2D eigenvalue weighted by atomic mass is 127. The molecule has 1 N–H and O–H groups in total. The number of aliphatic imine (C=N–C) groups is 1. The number of hydrogen-bond acceptors (Lipinski definition) is 5. The Balaban J connectivity index is 0.00000420. The minimum absolute atomic E-state index is 0. The summed E-state index contributed by atoms with van der Waals surface area (Å²) in [6.07, 6.45) is 1.97. The second kappa shape index (κ2) is 13.0. The molecule has 0 radical (unpaired) electrons. The molecule has 1 aliphatic rings. The molecule has 0 bridgehead atoms. The second-order valence-electron chi connectivity index (χ2n) is 6.95. The van der Waals surface area contributed by atoms with Crippen LogP contribution in [0.3, 0.4) is 0 Å². The molecule has 0 unspecified atom stereocenters. The number of halogens is 1. The Kier molecular flexibility index (Phi) is 11.6. The highest BCUT2D eigenvalue weighted by Crippen LogP contribution is 2.18. The van der Waals surface area contributed by atoms with Gasteiger partial charge in [-0.05, 0) is 31.7 Å². The van der Waals surface area contributed by atoms with Gasteiger partial charge in [-0.2, -0.15) is 0 Å². The van der Waals surface area contributed by atoms with E-state index in [4.69, 9.17) is 4.74 Å². The zero-order chi connectivity index (χ0) is 20.4. The van der Waals surface area contributed by atoms with Crippen molar-refractivity contribution in [2.24, 2.45) is 10.9 Å². The maximum Gasteiger partial charge on any atom is 0.308 e. The van der Waals surface area contributed by atoms with E-state index in [9.17, 15) is 13.2 Å². The molecule has 0 atom stereocenters. The van der Waals surface area contributed by atoms with E-state index < -0.39 is 9.84 Å². The van der Waals surface area contributed by atoms with Gasteiger partial charge in [-0.25, -0.2) is 8.42 Å². The van der Waals surface area contributed by atoms with E-state index in [1.165, 1.54) is 7.11 Å². The van der Waals surface area contributed by atoms with E-state index >= 15 is 0 Å². The van der Waals surface area contributed by atoms with Crippen LogP contribution in [0.1, 0.15) is 31.7 Å². The van der Waals surface area contributed by atoms with Gasteiger partial charge in [0.05, 0.1) is 24.5 Å². The van der Waals surface area contributed by atoms with Gasteiger partial charge in [0.15, 0.2) is 15.8 Å². The van der Waals surface area contributed by atoms with Crippen LogP contribution in [0.15, 0.2) is 35.3 Å². The highest BCUT2D eigenvalue weighted by molar-refractivity contribution is 14.0. The van der Waals surface area contributed by atoms with Crippen molar-refractivity contribution in [1.82, 2.24) is 10.2 Å². The third kappa shape index (κ3) is 8.90. The molecule has 0 amide bonds. The molecule has 1 saturated heterocycles. The molecule has 0 aromatic heterocycles. The van der Waals surface area contributed by atoms with Crippen molar-refractivity contribution in [2.45, 2.75) is 31.9 Å². The summed E-state index contributed by atoms with van der Waals surface area (Å²) >= 11 is 0. The largest absolute Gasteiger partial charge is 0.469 e. The molecule has 1 fully saturated rings. The maximum atomic E-state index is 12.3. The Bertz CT molecular complexity index is 748. The fourth-order valence-corrected chi connectivity index (χ4v) is 4.70. The normalized spacial score (nSPS) is 15.5. The van der Waals surface area contributed by atoms with Gasteiger partial charge in [0, 0.05) is 26.2 Å². The molecule has 0 spiro atoms. The van der Waals surface area contributed by atoms with Crippen molar-refractivity contribution < 1.29 is 17.9 Å². The van der Waals surface area contributed by atoms with Gasteiger partial charge in [0.1, 0.15) is 0 Å². The predicted octanol–water partition coefficient (Wildman–Crippen LogP) is 2.46. The van der Waals surface area contributed by atoms with Gasteiger partial charge in [0.2, 0.25) is 0 Å². The summed E-state index contributed by atoms with van der Waals surface area (Å²) in [6, 6.07) is 9.23. The van der Waals surface area contributed by atoms with Crippen LogP contribution in [0, 0.1) is 5.92 Å². The smallest absolute Gasteiger partial charge is 0.308 e. The summed E-state index contributed by atoms with van der Waals surface area (Å²) in [7, 11) is -1.72. The summed E-state index contributed by atoms with van der Waals surface area (Å²) < 4.78 is 29.4. The molecule has 1 aromatic carbocycles. The van der Waals surface area contributed by atoms with Gasteiger partial charge in [-0.3, -0.25) is 9.79 Å². The maximum absolute atomic E-state index is 12.3. The van der Waals surface area contributed by atoms with Crippen molar-refractivity contribution >= 4 is 45.7 Å². The third-order valence-corrected chi connectivity index (χ3v) is 6.45. The number of benzene rings is 1. The van der Waals surface area contributed by atoms with E-state index in [0.29, 0.717) is 13.0 Å². The number of hydrogen-bond donors (Lipinski definition) is 1. The topological polar surface area (TPSA) is 88.1 Å². The Morgan fingerprint density at radius 1 is 1.24 bits per heavy atom. The number of rotatable bonds is 8. The average molecular weight is 537 g/mol. The summed E-state index contributed by atoms with van der Waals surface area (Å²) in [5.74, 6) is 0.775. The number of methoxy groups -OCH3 is 1. The van der Waals surface area contributed by atoms with Gasteiger partial charge in [-0.1, -0.05) is 30.3 Å². The van der Waals surface area contributed by atoms with E-state index in [2.05, 4.69) is 15.2 Å². The summed E-state index contributed by atoms with van der Waals surface area (Å²) in [5, 5.41) is 3.26. The predicted molar refractivity (Wildman–Crippen MR) is 126 cm³/mol. The fraction of sp³-hybridized carbons (Fsp3) is 0.600. The quantitative estimate of drug-likeness (QED) is 0.180. The number of likely N-dealkylation sites (tertiary alicyclic amines) is 1. The van der Waals surface area contributed by atoms with E-state index in [-0.39, 0.29) is 47.4 Å².